The van der Waals surface area contributed by atoms with Crippen molar-refractivity contribution in [2.45, 2.75) is 19.3 Å². The second kappa shape index (κ2) is 7.49. The van der Waals surface area contributed by atoms with E-state index in [2.05, 4.69) is 11.3 Å². The average molecular weight is 234 g/mol. The quantitative estimate of drug-likeness (QED) is 0.413. The first-order valence-corrected chi connectivity index (χ1v) is 5.65. The Morgan fingerprint density at radius 1 is 1.35 bits per heavy atom. The molecule has 1 aromatic carbocycles. The molecule has 3 heteroatoms. The van der Waals surface area contributed by atoms with Gasteiger partial charge in [0, 0.05) is 6.42 Å². The molecule has 0 unspecified atom stereocenters. The fourth-order valence-corrected chi connectivity index (χ4v) is 1.36. The number of aryl methyl sites for hydroxylation is 1. The van der Waals surface area contributed by atoms with Crippen molar-refractivity contribution in [2.24, 2.45) is 0 Å². The Balaban J connectivity index is 2.39. The van der Waals surface area contributed by atoms with Gasteiger partial charge in [-0.15, -0.1) is 6.58 Å². The lowest BCUT2D eigenvalue weighted by molar-refractivity contribution is -0.140. The summed E-state index contributed by atoms with van der Waals surface area (Å²) >= 11 is 0. The highest BCUT2D eigenvalue weighted by Crippen LogP contribution is 2.13. The maximum Gasteiger partial charge on any atom is 0.305 e. The molecule has 0 heterocycles. The van der Waals surface area contributed by atoms with E-state index in [1.807, 2.05) is 30.3 Å². The number of hydrogen-bond donors (Lipinski definition) is 0. The zero-order valence-corrected chi connectivity index (χ0v) is 10.1. The van der Waals surface area contributed by atoms with Gasteiger partial charge in [0.05, 0.1) is 13.7 Å². The first-order chi connectivity index (χ1) is 8.26. The van der Waals surface area contributed by atoms with Crippen molar-refractivity contribution in [2.75, 3.05) is 13.7 Å². The maximum atomic E-state index is 11.0. The van der Waals surface area contributed by atoms with Gasteiger partial charge >= 0.3 is 5.97 Å². The van der Waals surface area contributed by atoms with Gasteiger partial charge in [0.15, 0.2) is 0 Å². The van der Waals surface area contributed by atoms with E-state index in [0.29, 0.717) is 19.4 Å². The number of esters is 1. The van der Waals surface area contributed by atoms with Crippen LogP contribution < -0.4 is 4.74 Å². The number of hydrogen-bond acceptors (Lipinski definition) is 3. The molecule has 0 spiro atoms. The molecule has 17 heavy (non-hydrogen) atoms. The van der Waals surface area contributed by atoms with E-state index in [0.717, 1.165) is 17.7 Å². The third-order valence-electron chi connectivity index (χ3n) is 2.36. The lowest BCUT2D eigenvalue weighted by Crippen LogP contribution is -2.02. The van der Waals surface area contributed by atoms with Gasteiger partial charge in [-0.3, -0.25) is 4.79 Å². The zero-order valence-electron chi connectivity index (χ0n) is 10.1. The van der Waals surface area contributed by atoms with Crippen LogP contribution in [0.3, 0.4) is 0 Å². The lowest BCUT2D eigenvalue weighted by atomic mass is 10.1. The lowest BCUT2D eigenvalue weighted by Gasteiger charge is -2.05. The molecule has 0 bridgehead atoms. The van der Waals surface area contributed by atoms with E-state index in [-0.39, 0.29) is 5.97 Å². The topological polar surface area (TPSA) is 35.5 Å². The van der Waals surface area contributed by atoms with E-state index < -0.39 is 0 Å². The number of rotatable bonds is 7. The van der Waals surface area contributed by atoms with Crippen molar-refractivity contribution in [3.63, 3.8) is 0 Å². The van der Waals surface area contributed by atoms with Crippen molar-refractivity contribution in [3.8, 4) is 5.75 Å². The minimum absolute atomic E-state index is 0.184. The molecule has 0 aliphatic carbocycles. The Labute approximate surface area is 102 Å². The molecular formula is C14H18O3. The average Bonchev–Trinajstić information content (AvgIpc) is 2.37. The summed E-state index contributed by atoms with van der Waals surface area (Å²) in [6.45, 7) is 4.27. The van der Waals surface area contributed by atoms with Gasteiger partial charge in [-0.2, -0.15) is 0 Å². The van der Waals surface area contributed by atoms with E-state index >= 15 is 0 Å². The fraction of sp³-hybridized carbons (Fsp3) is 0.357. The summed E-state index contributed by atoms with van der Waals surface area (Å²) < 4.78 is 10.1. The predicted octanol–water partition coefficient (Wildman–Crippen LogP) is 2.75. The molecule has 0 aliphatic heterocycles. The van der Waals surface area contributed by atoms with Crippen LogP contribution in [0.2, 0.25) is 0 Å². The van der Waals surface area contributed by atoms with Crippen LogP contribution in [0.1, 0.15) is 18.4 Å². The molecule has 92 valence electrons. The first-order valence-electron chi connectivity index (χ1n) is 5.65. The zero-order chi connectivity index (χ0) is 12.5. The van der Waals surface area contributed by atoms with E-state index in [1.54, 1.807) is 0 Å². The minimum Gasteiger partial charge on any atom is -0.493 e. The van der Waals surface area contributed by atoms with Crippen LogP contribution in [0.5, 0.6) is 5.75 Å². The molecule has 0 amide bonds. The fourth-order valence-electron chi connectivity index (χ4n) is 1.36. The van der Waals surface area contributed by atoms with Crippen molar-refractivity contribution < 1.29 is 14.3 Å². The van der Waals surface area contributed by atoms with E-state index in [4.69, 9.17) is 4.74 Å². The molecule has 1 rings (SSSR count). The Morgan fingerprint density at radius 3 is 2.65 bits per heavy atom. The molecule has 3 nitrogen and oxygen atoms in total. The Bertz CT molecular complexity index is 354. The van der Waals surface area contributed by atoms with E-state index in [1.165, 1.54) is 7.11 Å². The molecule has 0 saturated carbocycles. The normalized spacial score (nSPS) is 9.71. The second-order valence-corrected chi connectivity index (χ2v) is 3.65. The van der Waals surface area contributed by atoms with Crippen LogP contribution in [-0.4, -0.2) is 19.7 Å². The molecule has 0 aliphatic rings. The Hall–Kier alpha value is -1.77. The van der Waals surface area contributed by atoms with Crippen LogP contribution in [0.25, 0.3) is 0 Å². The number of methoxy groups -OCH3 is 1. The van der Waals surface area contributed by atoms with Crippen LogP contribution in [0.4, 0.5) is 0 Å². The summed E-state index contributed by atoms with van der Waals surface area (Å²) in [5.74, 6) is 0.657. The highest BCUT2D eigenvalue weighted by atomic mass is 16.5. The maximum absolute atomic E-state index is 11.0. The molecule has 0 radical (unpaired) electrons. The summed E-state index contributed by atoms with van der Waals surface area (Å²) in [6.07, 6.45) is 3.77. The van der Waals surface area contributed by atoms with Crippen LogP contribution >= 0.6 is 0 Å². The van der Waals surface area contributed by atoms with Gasteiger partial charge in [0.2, 0.25) is 0 Å². The van der Waals surface area contributed by atoms with E-state index in [9.17, 15) is 4.79 Å². The highest BCUT2D eigenvalue weighted by molar-refractivity contribution is 5.69. The summed E-state index contributed by atoms with van der Waals surface area (Å²) in [5, 5.41) is 0. The largest absolute Gasteiger partial charge is 0.493 e. The number of carbonyl (C=O) groups excluding carboxylic acids is 1. The molecule has 0 atom stereocenters. The number of ether oxygens (including phenoxy) is 2. The highest BCUT2D eigenvalue weighted by Gasteiger charge is 2.01. The van der Waals surface area contributed by atoms with Crippen molar-refractivity contribution >= 4 is 5.97 Å². The molecule has 1 aromatic rings. The van der Waals surface area contributed by atoms with Crippen LogP contribution in [-0.2, 0) is 16.0 Å². The standard InChI is InChI=1S/C14H18O3/c1-3-4-11-17-13-8-5-12(6-9-13)7-10-14(15)16-2/h3,5-6,8-9H,1,4,7,10-11H2,2H3. The smallest absolute Gasteiger partial charge is 0.305 e. The Morgan fingerprint density at radius 2 is 2.06 bits per heavy atom. The summed E-state index contributed by atoms with van der Waals surface area (Å²) in [5.41, 5.74) is 1.10. The van der Waals surface area contributed by atoms with Gasteiger partial charge in [0.25, 0.3) is 0 Å². The molecule has 0 aromatic heterocycles. The number of carbonyl (C=O) groups is 1. The predicted molar refractivity (Wildman–Crippen MR) is 67.1 cm³/mol. The van der Waals surface area contributed by atoms with Crippen molar-refractivity contribution in [1.29, 1.82) is 0 Å². The molecule has 0 fully saturated rings. The van der Waals surface area contributed by atoms with Gasteiger partial charge in [-0.1, -0.05) is 18.2 Å². The minimum atomic E-state index is -0.184. The molecule has 0 N–H and O–H groups in total. The van der Waals surface area contributed by atoms with Crippen molar-refractivity contribution in [1.82, 2.24) is 0 Å². The van der Waals surface area contributed by atoms with Crippen LogP contribution in [0.15, 0.2) is 36.9 Å². The Kier molecular flexibility index (Phi) is 5.86. The summed E-state index contributed by atoms with van der Waals surface area (Å²) in [4.78, 5) is 11.0. The summed E-state index contributed by atoms with van der Waals surface area (Å²) in [7, 11) is 1.40. The third kappa shape index (κ3) is 5.20. The second-order valence-electron chi connectivity index (χ2n) is 3.65. The van der Waals surface area contributed by atoms with Gasteiger partial charge in [-0.05, 0) is 30.5 Å². The summed E-state index contributed by atoms with van der Waals surface area (Å²) in [6, 6.07) is 7.75. The van der Waals surface area contributed by atoms with Crippen LogP contribution in [0, 0.1) is 0 Å². The molecular weight excluding hydrogens is 216 g/mol. The van der Waals surface area contributed by atoms with Gasteiger partial charge in [-0.25, -0.2) is 0 Å². The van der Waals surface area contributed by atoms with Crippen molar-refractivity contribution in [3.05, 3.63) is 42.5 Å². The third-order valence-corrected chi connectivity index (χ3v) is 2.36. The number of benzene rings is 1. The molecule has 0 saturated heterocycles. The monoisotopic (exact) mass is 234 g/mol. The first kappa shape index (κ1) is 13.3. The van der Waals surface area contributed by atoms with Gasteiger partial charge in [0.1, 0.15) is 5.75 Å². The SMILES string of the molecule is C=CCCOc1ccc(CCC(=O)OC)cc1. The van der Waals surface area contributed by atoms with Gasteiger partial charge < -0.3 is 9.47 Å².